The van der Waals surface area contributed by atoms with E-state index in [9.17, 15) is 4.79 Å². The molecular formula is C17H23NO4. The van der Waals surface area contributed by atoms with E-state index in [0.717, 1.165) is 19.4 Å². The summed E-state index contributed by atoms with van der Waals surface area (Å²) in [4.78, 5) is 14.8. The summed E-state index contributed by atoms with van der Waals surface area (Å²) < 4.78 is 16.9. The molecule has 0 radical (unpaired) electrons. The van der Waals surface area contributed by atoms with Crippen LogP contribution in [0.25, 0.3) is 0 Å². The van der Waals surface area contributed by atoms with Crippen molar-refractivity contribution < 1.29 is 19.0 Å². The number of methoxy groups -OCH3 is 1. The second-order valence-electron chi connectivity index (χ2n) is 5.73. The summed E-state index contributed by atoms with van der Waals surface area (Å²) in [6, 6.07) is 7.42. The SMILES string of the molecule is CCO[C@@H]1CN(C(=O)c2cccc(OC)c2)[C@@H]2CCCO[C@@H]21. The molecule has 0 aliphatic carbocycles. The van der Waals surface area contributed by atoms with Crippen molar-refractivity contribution in [2.24, 2.45) is 0 Å². The number of nitrogens with zero attached hydrogens (tertiary/aromatic N) is 1. The molecule has 0 saturated carbocycles. The highest BCUT2D eigenvalue weighted by atomic mass is 16.5. The van der Waals surface area contributed by atoms with E-state index < -0.39 is 0 Å². The maximum absolute atomic E-state index is 12.9. The Hall–Kier alpha value is -1.59. The van der Waals surface area contributed by atoms with Gasteiger partial charge in [-0.15, -0.1) is 0 Å². The minimum atomic E-state index is -0.0233. The third kappa shape index (κ3) is 2.83. The van der Waals surface area contributed by atoms with Crippen molar-refractivity contribution in [3.63, 3.8) is 0 Å². The first-order chi connectivity index (χ1) is 10.7. The van der Waals surface area contributed by atoms with Gasteiger partial charge in [-0.2, -0.15) is 0 Å². The van der Waals surface area contributed by atoms with E-state index in [4.69, 9.17) is 14.2 Å². The fourth-order valence-corrected chi connectivity index (χ4v) is 3.43. The molecule has 5 heteroatoms. The van der Waals surface area contributed by atoms with Gasteiger partial charge in [0.1, 0.15) is 18.0 Å². The second kappa shape index (κ2) is 6.67. The molecule has 22 heavy (non-hydrogen) atoms. The molecule has 5 nitrogen and oxygen atoms in total. The molecular weight excluding hydrogens is 282 g/mol. The lowest BCUT2D eigenvalue weighted by Crippen LogP contribution is -2.43. The molecule has 1 amide bonds. The summed E-state index contributed by atoms with van der Waals surface area (Å²) in [7, 11) is 1.61. The van der Waals surface area contributed by atoms with Crippen molar-refractivity contribution in [2.45, 2.75) is 38.0 Å². The highest BCUT2D eigenvalue weighted by Gasteiger charge is 2.46. The van der Waals surface area contributed by atoms with E-state index in [1.54, 1.807) is 13.2 Å². The predicted octanol–water partition coefficient (Wildman–Crippen LogP) is 2.10. The molecule has 2 aliphatic rings. The summed E-state index contributed by atoms with van der Waals surface area (Å²) in [6.45, 7) is 3.97. The Morgan fingerprint density at radius 3 is 3.09 bits per heavy atom. The molecule has 0 spiro atoms. The largest absolute Gasteiger partial charge is 0.497 e. The van der Waals surface area contributed by atoms with Crippen LogP contribution in [0.3, 0.4) is 0 Å². The van der Waals surface area contributed by atoms with Gasteiger partial charge in [0.25, 0.3) is 5.91 Å². The minimum Gasteiger partial charge on any atom is -0.497 e. The average Bonchev–Trinajstić information content (AvgIpc) is 2.93. The molecule has 3 atom stereocenters. The number of fused-ring (bicyclic) bond motifs is 1. The first-order valence-electron chi connectivity index (χ1n) is 7.92. The van der Waals surface area contributed by atoms with Gasteiger partial charge in [0, 0.05) is 18.8 Å². The third-order valence-corrected chi connectivity index (χ3v) is 4.44. The number of amides is 1. The summed E-state index contributed by atoms with van der Waals surface area (Å²) >= 11 is 0. The summed E-state index contributed by atoms with van der Waals surface area (Å²) in [5.41, 5.74) is 0.654. The van der Waals surface area contributed by atoms with Crippen LogP contribution in [-0.4, -0.2) is 55.9 Å². The van der Waals surface area contributed by atoms with Gasteiger partial charge in [-0.25, -0.2) is 0 Å². The fourth-order valence-electron chi connectivity index (χ4n) is 3.43. The van der Waals surface area contributed by atoms with Gasteiger partial charge in [-0.05, 0) is 38.0 Å². The van der Waals surface area contributed by atoms with Gasteiger partial charge in [-0.3, -0.25) is 4.79 Å². The minimum absolute atomic E-state index is 0.00302. The number of carbonyl (C=O) groups is 1. The summed E-state index contributed by atoms with van der Waals surface area (Å²) in [5.74, 6) is 0.726. The molecule has 120 valence electrons. The number of hydrogen-bond donors (Lipinski definition) is 0. The van der Waals surface area contributed by atoms with E-state index in [2.05, 4.69) is 0 Å². The highest BCUT2D eigenvalue weighted by Crippen LogP contribution is 2.32. The van der Waals surface area contributed by atoms with Crippen molar-refractivity contribution in [3.05, 3.63) is 29.8 Å². The first kappa shape index (κ1) is 15.3. The standard InChI is InChI=1S/C17H23NO4/c1-3-21-15-11-18(14-8-5-9-22-16(14)15)17(19)12-6-4-7-13(10-12)20-2/h4,6-7,10,14-16H,3,5,8-9,11H2,1-2H3/t14-,15-,16+/m1/s1. The third-order valence-electron chi connectivity index (χ3n) is 4.44. The Balaban J connectivity index is 1.81. The molecule has 0 bridgehead atoms. The Bertz CT molecular complexity index is 533. The predicted molar refractivity (Wildman–Crippen MR) is 82.2 cm³/mol. The van der Waals surface area contributed by atoms with Gasteiger partial charge in [0.05, 0.1) is 19.7 Å². The lowest BCUT2D eigenvalue weighted by atomic mass is 10.0. The van der Waals surface area contributed by atoms with Crippen molar-refractivity contribution in [1.29, 1.82) is 0 Å². The lowest BCUT2D eigenvalue weighted by Gasteiger charge is -2.32. The van der Waals surface area contributed by atoms with Gasteiger partial charge in [0.2, 0.25) is 0 Å². The number of rotatable bonds is 4. The number of ether oxygens (including phenoxy) is 3. The van der Waals surface area contributed by atoms with Crippen LogP contribution in [0.4, 0.5) is 0 Å². The zero-order valence-corrected chi connectivity index (χ0v) is 13.2. The molecule has 2 saturated heterocycles. The molecule has 1 aromatic carbocycles. The smallest absolute Gasteiger partial charge is 0.254 e. The van der Waals surface area contributed by atoms with E-state index in [0.29, 0.717) is 24.5 Å². The van der Waals surface area contributed by atoms with Gasteiger partial charge in [-0.1, -0.05) is 6.07 Å². The maximum atomic E-state index is 12.9. The van der Waals surface area contributed by atoms with Crippen LogP contribution in [0.15, 0.2) is 24.3 Å². The van der Waals surface area contributed by atoms with E-state index in [-0.39, 0.29) is 24.2 Å². The van der Waals surface area contributed by atoms with E-state index in [1.807, 2.05) is 30.0 Å². The van der Waals surface area contributed by atoms with Crippen molar-refractivity contribution in [1.82, 2.24) is 4.90 Å². The van der Waals surface area contributed by atoms with E-state index >= 15 is 0 Å². The highest BCUT2D eigenvalue weighted by molar-refractivity contribution is 5.95. The zero-order chi connectivity index (χ0) is 15.5. The van der Waals surface area contributed by atoms with Crippen LogP contribution >= 0.6 is 0 Å². The van der Waals surface area contributed by atoms with Crippen LogP contribution < -0.4 is 4.74 Å². The number of likely N-dealkylation sites (tertiary alicyclic amines) is 1. The van der Waals surface area contributed by atoms with Crippen LogP contribution in [0.5, 0.6) is 5.75 Å². The number of hydrogen-bond acceptors (Lipinski definition) is 4. The summed E-state index contributed by atoms with van der Waals surface area (Å²) in [6.07, 6.45) is 1.94. The molecule has 0 N–H and O–H groups in total. The Kier molecular flexibility index (Phi) is 4.64. The molecule has 0 unspecified atom stereocenters. The number of benzene rings is 1. The molecule has 0 aromatic heterocycles. The Morgan fingerprint density at radius 2 is 2.32 bits per heavy atom. The lowest BCUT2D eigenvalue weighted by molar-refractivity contribution is -0.0737. The second-order valence-corrected chi connectivity index (χ2v) is 5.73. The quantitative estimate of drug-likeness (QED) is 0.855. The molecule has 2 aliphatic heterocycles. The topological polar surface area (TPSA) is 48.0 Å². The van der Waals surface area contributed by atoms with Gasteiger partial charge < -0.3 is 19.1 Å². The Labute approximate surface area is 131 Å². The number of carbonyl (C=O) groups excluding carboxylic acids is 1. The average molecular weight is 305 g/mol. The normalized spacial score (nSPS) is 27.5. The van der Waals surface area contributed by atoms with Gasteiger partial charge in [0.15, 0.2) is 0 Å². The van der Waals surface area contributed by atoms with Crippen LogP contribution in [0, 0.1) is 0 Å². The van der Waals surface area contributed by atoms with Crippen LogP contribution in [0.1, 0.15) is 30.1 Å². The van der Waals surface area contributed by atoms with Crippen LogP contribution in [-0.2, 0) is 9.47 Å². The monoisotopic (exact) mass is 305 g/mol. The van der Waals surface area contributed by atoms with Crippen LogP contribution in [0.2, 0.25) is 0 Å². The van der Waals surface area contributed by atoms with Crippen molar-refractivity contribution >= 4 is 5.91 Å². The van der Waals surface area contributed by atoms with Crippen molar-refractivity contribution in [2.75, 3.05) is 26.9 Å². The van der Waals surface area contributed by atoms with Gasteiger partial charge >= 0.3 is 0 Å². The molecule has 3 rings (SSSR count). The summed E-state index contributed by atoms with van der Waals surface area (Å²) in [5, 5.41) is 0. The van der Waals surface area contributed by atoms with Crippen molar-refractivity contribution in [3.8, 4) is 5.75 Å². The fraction of sp³-hybridized carbons (Fsp3) is 0.588. The Morgan fingerprint density at radius 1 is 1.45 bits per heavy atom. The molecule has 2 fully saturated rings. The maximum Gasteiger partial charge on any atom is 0.254 e. The zero-order valence-electron chi connectivity index (χ0n) is 13.2. The molecule has 2 heterocycles. The molecule has 1 aromatic rings. The first-order valence-corrected chi connectivity index (χ1v) is 7.92. The van der Waals surface area contributed by atoms with E-state index in [1.165, 1.54) is 0 Å².